The van der Waals surface area contributed by atoms with E-state index < -0.39 is 28.5 Å². The summed E-state index contributed by atoms with van der Waals surface area (Å²) in [6.45, 7) is 1.80. The number of amides is 3. The van der Waals surface area contributed by atoms with Gasteiger partial charge < -0.3 is 14.8 Å². The number of nitrogens with zero attached hydrogens (tertiary/aromatic N) is 2. The van der Waals surface area contributed by atoms with E-state index in [9.17, 15) is 24.5 Å². The molecule has 0 saturated carbocycles. The third-order valence-electron chi connectivity index (χ3n) is 5.38. The second-order valence-electron chi connectivity index (χ2n) is 8.18. The minimum absolute atomic E-state index is 0.0344. The lowest BCUT2D eigenvalue weighted by atomic mass is 10.1. The van der Waals surface area contributed by atoms with Crippen molar-refractivity contribution >= 4 is 57.9 Å². The second-order valence-corrected chi connectivity index (χ2v) is 9.61. The van der Waals surface area contributed by atoms with Crippen LogP contribution in [0.2, 0.25) is 5.02 Å². The maximum atomic E-state index is 12.9. The van der Waals surface area contributed by atoms with E-state index in [1.165, 1.54) is 18.2 Å². The molecule has 0 atom stereocenters. The number of benzene rings is 3. The molecule has 10 nitrogen and oxygen atoms in total. The van der Waals surface area contributed by atoms with Gasteiger partial charge in [0.1, 0.15) is 13.2 Å². The standard InChI is InChI=1S/C27H22ClN3O7S/c1-2-37-23-13-17(6-11-22(23)38-16-18-4-3-5-21(12-18)31(35)36)14-24-26(33)30(27(34)39-24)15-25(32)29-20-9-7-19(28)8-10-20/h3-14H,2,15-16H2,1H3,(H,29,32)/b24-14+. The number of halogens is 1. The van der Waals surface area contributed by atoms with Gasteiger partial charge in [0.2, 0.25) is 5.91 Å². The van der Waals surface area contributed by atoms with Crippen molar-refractivity contribution in [1.82, 2.24) is 4.90 Å². The first-order chi connectivity index (χ1) is 18.7. The van der Waals surface area contributed by atoms with Crippen LogP contribution in [0.5, 0.6) is 11.5 Å². The summed E-state index contributed by atoms with van der Waals surface area (Å²) >= 11 is 6.58. The van der Waals surface area contributed by atoms with Gasteiger partial charge in [-0.15, -0.1) is 0 Å². The lowest BCUT2D eigenvalue weighted by Gasteiger charge is -2.13. The molecule has 0 aliphatic carbocycles. The number of carbonyl (C=O) groups is 3. The predicted molar refractivity (Wildman–Crippen MR) is 148 cm³/mol. The van der Waals surface area contributed by atoms with Crippen LogP contribution in [0.3, 0.4) is 0 Å². The summed E-state index contributed by atoms with van der Waals surface area (Å²) in [5, 5.41) is 13.6. The van der Waals surface area contributed by atoms with Crippen LogP contribution in [0, 0.1) is 10.1 Å². The van der Waals surface area contributed by atoms with E-state index in [-0.39, 0.29) is 17.2 Å². The third-order valence-corrected chi connectivity index (χ3v) is 6.54. The zero-order chi connectivity index (χ0) is 27.9. The number of hydrogen-bond acceptors (Lipinski definition) is 8. The molecule has 1 heterocycles. The quantitative estimate of drug-likeness (QED) is 0.182. The van der Waals surface area contributed by atoms with E-state index in [0.717, 1.165) is 16.7 Å². The number of ether oxygens (including phenoxy) is 2. The molecule has 0 radical (unpaired) electrons. The van der Waals surface area contributed by atoms with Crippen LogP contribution in [0.25, 0.3) is 6.08 Å². The van der Waals surface area contributed by atoms with Gasteiger partial charge >= 0.3 is 0 Å². The average Bonchev–Trinajstić information content (AvgIpc) is 3.17. The summed E-state index contributed by atoms with van der Waals surface area (Å²) in [4.78, 5) is 49.3. The molecule has 0 unspecified atom stereocenters. The Kier molecular flexibility index (Phi) is 8.84. The van der Waals surface area contributed by atoms with Crippen molar-refractivity contribution in [2.24, 2.45) is 0 Å². The van der Waals surface area contributed by atoms with E-state index in [4.69, 9.17) is 21.1 Å². The largest absolute Gasteiger partial charge is 0.490 e. The number of nitro benzene ring substituents is 1. The molecule has 1 aliphatic heterocycles. The van der Waals surface area contributed by atoms with Crippen molar-refractivity contribution in [3.05, 3.63) is 97.9 Å². The third kappa shape index (κ3) is 7.15. The van der Waals surface area contributed by atoms with Crippen LogP contribution in [0.1, 0.15) is 18.1 Å². The number of nitro groups is 1. The Morgan fingerprint density at radius 2 is 1.85 bits per heavy atom. The Balaban J connectivity index is 1.44. The first kappa shape index (κ1) is 27.7. The van der Waals surface area contributed by atoms with Crippen LogP contribution < -0.4 is 14.8 Å². The van der Waals surface area contributed by atoms with Crippen molar-refractivity contribution in [2.45, 2.75) is 13.5 Å². The van der Waals surface area contributed by atoms with Gasteiger partial charge in [-0.3, -0.25) is 29.4 Å². The molecule has 12 heteroatoms. The number of carbonyl (C=O) groups excluding carboxylic acids is 3. The smallest absolute Gasteiger partial charge is 0.294 e. The van der Waals surface area contributed by atoms with E-state index in [2.05, 4.69) is 5.32 Å². The number of nitrogens with one attached hydrogen (secondary N) is 1. The molecule has 0 spiro atoms. The maximum absolute atomic E-state index is 12.9. The van der Waals surface area contributed by atoms with Gasteiger partial charge in [0.05, 0.1) is 16.4 Å². The summed E-state index contributed by atoms with van der Waals surface area (Å²) < 4.78 is 11.5. The molecule has 4 rings (SSSR count). The predicted octanol–water partition coefficient (Wildman–Crippen LogP) is 5.90. The SMILES string of the molecule is CCOc1cc(/C=C2/SC(=O)N(CC(=O)Nc3ccc(Cl)cc3)C2=O)ccc1OCc1cccc([N+](=O)[O-])c1. The van der Waals surface area contributed by atoms with Crippen LogP contribution in [-0.2, 0) is 16.2 Å². The van der Waals surface area contributed by atoms with Gasteiger partial charge in [-0.25, -0.2) is 0 Å². The number of thioether (sulfide) groups is 1. The van der Waals surface area contributed by atoms with Crippen LogP contribution >= 0.6 is 23.4 Å². The lowest BCUT2D eigenvalue weighted by Crippen LogP contribution is -2.36. The number of non-ortho nitro benzene ring substituents is 1. The van der Waals surface area contributed by atoms with Crippen LogP contribution in [0.15, 0.2) is 71.6 Å². The molecule has 3 aromatic rings. The van der Waals surface area contributed by atoms with Crippen molar-refractivity contribution < 1.29 is 28.8 Å². The van der Waals surface area contributed by atoms with Gasteiger partial charge in [-0.2, -0.15) is 0 Å². The number of imide groups is 1. The average molecular weight is 568 g/mol. The Hall–Kier alpha value is -4.35. The van der Waals surface area contributed by atoms with E-state index in [1.807, 2.05) is 0 Å². The highest BCUT2D eigenvalue weighted by Crippen LogP contribution is 2.35. The van der Waals surface area contributed by atoms with Crippen molar-refractivity contribution in [2.75, 3.05) is 18.5 Å². The summed E-state index contributed by atoms with van der Waals surface area (Å²) in [6.07, 6.45) is 1.54. The summed E-state index contributed by atoms with van der Waals surface area (Å²) in [7, 11) is 0. The molecule has 1 aliphatic rings. The molecule has 200 valence electrons. The molecule has 1 N–H and O–H groups in total. The number of anilines is 1. The molecule has 1 fully saturated rings. The van der Waals surface area contributed by atoms with Gasteiger partial charge in [-0.1, -0.05) is 29.8 Å². The van der Waals surface area contributed by atoms with Crippen molar-refractivity contribution in [3.63, 3.8) is 0 Å². The van der Waals surface area contributed by atoms with Gasteiger partial charge in [0, 0.05) is 22.8 Å². The van der Waals surface area contributed by atoms with Gasteiger partial charge in [-0.05, 0) is 72.3 Å². The van der Waals surface area contributed by atoms with Crippen molar-refractivity contribution in [3.8, 4) is 11.5 Å². The Bertz CT molecular complexity index is 1460. The highest BCUT2D eigenvalue weighted by Gasteiger charge is 2.36. The first-order valence-electron chi connectivity index (χ1n) is 11.7. The lowest BCUT2D eigenvalue weighted by molar-refractivity contribution is -0.384. The molecule has 0 aromatic heterocycles. The maximum Gasteiger partial charge on any atom is 0.294 e. The fraction of sp³-hybridized carbons (Fsp3) is 0.148. The van der Waals surface area contributed by atoms with Crippen LogP contribution in [0.4, 0.5) is 16.2 Å². The normalized spacial score (nSPS) is 14.0. The van der Waals surface area contributed by atoms with E-state index in [1.54, 1.807) is 61.5 Å². The van der Waals surface area contributed by atoms with Crippen LogP contribution in [-0.4, -0.2) is 40.0 Å². The fourth-order valence-corrected chi connectivity index (χ4v) is 4.55. The molecule has 39 heavy (non-hydrogen) atoms. The summed E-state index contributed by atoms with van der Waals surface area (Å²) in [6, 6.07) is 17.6. The molecular formula is C27H22ClN3O7S. The topological polar surface area (TPSA) is 128 Å². The number of rotatable bonds is 10. The minimum atomic E-state index is -0.583. The van der Waals surface area contributed by atoms with E-state index >= 15 is 0 Å². The Morgan fingerprint density at radius 1 is 1.08 bits per heavy atom. The highest BCUT2D eigenvalue weighted by atomic mass is 35.5. The van der Waals surface area contributed by atoms with Gasteiger partial charge in [0.15, 0.2) is 11.5 Å². The van der Waals surface area contributed by atoms with Gasteiger partial charge in [0.25, 0.3) is 16.8 Å². The fourth-order valence-electron chi connectivity index (χ4n) is 3.59. The summed E-state index contributed by atoms with van der Waals surface area (Å²) in [5.41, 5.74) is 1.65. The molecule has 3 amide bonds. The Labute approximate surface area is 232 Å². The molecule has 1 saturated heterocycles. The minimum Gasteiger partial charge on any atom is -0.490 e. The molecular weight excluding hydrogens is 546 g/mol. The second kappa shape index (κ2) is 12.5. The number of hydrogen-bond donors (Lipinski definition) is 1. The summed E-state index contributed by atoms with van der Waals surface area (Å²) in [5.74, 6) is -0.296. The van der Waals surface area contributed by atoms with E-state index in [0.29, 0.717) is 39.9 Å². The highest BCUT2D eigenvalue weighted by molar-refractivity contribution is 8.18. The Morgan fingerprint density at radius 3 is 2.56 bits per heavy atom. The van der Waals surface area contributed by atoms with Crippen molar-refractivity contribution in [1.29, 1.82) is 0 Å². The first-order valence-corrected chi connectivity index (χ1v) is 12.9. The molecule has 3 aromatic carbocycles. The zero-order valence-corrected chi connectivity index (χ0v) is 22.2. The molecule has 0 bridgehead atoms. The zero-order valence-electron chi connectivity index (χ0n) is 20.6. The monoisotopic (exact) mass is 567 g/mol.